The van der Waals surface area contributed by atoms with Gasteiger partial charge in [0.2, 0.25) is 0 Å². The number of hydrogen-bond donors (Lipinski definition) is 1. The summed E-state index contributed by atoms with van der Waals surface area (Å²) in [6.07, 6.45) is 7.04. The van der Waals surface area contributed by atoms with Gasteiger partial charge in [-0.2, -0.15) is 0 Å². The molecule has 1 N–H and O–H groups in total. The summed E-state index contributed by atoms with van der Waals surface area (Å²) >= 11 is 0. The molecule has 0 aromatic carbocycles. The molecule has 1 aliphatic carbocycles. The second kappa shape index (κ2) is 5.31. The molecule has 1 unspecified atom stereocenters. The van der Waals surface area contributed by atoms with Gasteiger partial charge in [-0.05, 0) is 51.1 Å². The Morgan fingerprint density at radius 1 is 1.27 bits per heavy atom. The van der Waals surface area contributed by atoms with Crippen LogP contribution >= 0.6 is 0 Å². The molecule has 0 bridgehead atoms. The molecule has 2 aliphatic rings. The highest BCUT2D eigenvalue weighted by Crippen LogP contribution is 2.28. The second-order valence-electron chi connectivity index (χ2n) is 5.70. The Labute approximate surface area is 94.4 Å². The zero-order chi connectivity index (χ0) is 10.7. The highest BCUT2D eigenvalue weighted by atomic mass is 15.2. The molecular formula is C13H26N2. The van der Waals surface area contributed by atoms with Gasteiger partial charge >= 0.3 is 0 Å². The van der Waals surface area contributed by atoms with Crippen molar-refractivity contribution in [2.45, 2.75) is 58.0 Å². The Bertz CT molecular complexity index is 181. The highest BCUT2D eigenvalue weighted by molar-refractivity contribution is 4.88. The smallest absolute Gasteiger partial charge is 0.0195 e. The van der Waals surface area contributed by atoms with E-state index in [2.05, 4.69) is 24.1 Å². The van der Waals surface area contributed by atoms with Crippen molar-refractivity contribution in [3.8, 4) is 0 Å². The summed E-state index contributed by atoms with van der Waals surface area (Å²) in [6, 6.07) is 1.73. The molecule has 0 aromatic heterocycles. The summed E-state index contributed by atoms with van der Waals surface area (Å²) in [6.45, 7) is 8.53. The van der Waals surface area contributed by atoms with Gasteiger partial charge in [-0.15, -0.1) is 0 Å². The van der Waals surface area contributed by atoms with Gasteiger partial charge in [0.1, 0.15) is 0 Å². The van der Waals surface area contributed by atoms with Crippen molar-refractivity contribution in [3.05, 3.63) is 0 Å². The Morgan fingerprint density at radius 3 is 2.60 bits per heavy atom. The van der Waals surface area contributed by atoms with Gasteiger partial charge in [0.25, 0.3) is 0 Å². The summed E-state index contributed by atoms with van der Waals surface area (Å²) < 4.78 is 0. The van der Waals surface area contributed by atoms with E-state index in [4.69, 9.17) is 0 Å². The second-order valence-corrected chi connectivity index (χ2v) is 5.70. The van der Waals surface area contributed by atoms with Crippen molar-refractivity contribution < 1.29 is 0 Å². The summed E-state index contributed by atoms with van der Waals surface area (Å²) in [5.41, 5.74) is 0. The van der Waals surface area contributed by atoms with Crippen LogP contribution in [0.25, 0.3) is 0 Å². The molecule has 2 heteroatoms. The van der Waals surface area contributed by atoms with E-state index < -0.39 is 0 Å². The van der Waals surface area contributed by atoms with Gasteiger partial charge in [-0.3, -0.25) is 4.90 Å². The fraction of sp³-hybridized carbons (Fsp3) is 1.00. The first-order valence-corrected chi connectivity index (χ1v) is 6.73. The molecule has 15 heavy (non-hydrogen) atoms. The third-order valence-corrected chi connectivity index (χ3v) is 3.67. The third kappa shape index (κ3) is 3.76. The molecule has 2 rings (SSSR count). The lowest BCUT2D eigenvalue weighted by Crippen LogP contribution is -2.39. The third-order valence-electron chi connectivity index (χ3n) is 3.67. The molecule has 2 fully saturated rings. The zero-order valence-corrected chi connectivity index (χ0v) is 10.3. The van der Waals surface area contributed by atoms with Crippen molar-refractivity contribution in [1.82, 2.24) is 10.2 Å². The quantitative estimate of drug-likeness (QED) is 0.723. The van der Waals surface area contributed by atoms with Crippen LogP contribution in [-0.4, -0.2) is 36.6 Å². The maximum Gasteiger partial charge on any atom is 0.0195 e. The monoisotopic (exact) mass is 210 g/mol. The van der Waals surface area contributed by atoms with Gasteiger partial charge in [0, 0.05) is 18.6 Å². The summed E-state index contributed by atoms with van der Waals surface area (Å²) in [5, 5.41) is 3.62. The molecule has 0 aromatic rings. The zero-order valence-electron chi connectivity index (χ0n) is 10.3. The predicted molar refractivity (Wildman–Crippen MR) is 65.1 cm³/mol. The molecule has 1 aliphatic heterocycles. The lowest BCUT2D eigenvalue weighted by molar-refractivity contribution is 0.226. The maximum atomic E-state index is 3.62. The minimum atomic E-state index is 0.790. The Balaban J connectivity index is 1.72. The number of nitrogens with zero attached hydrogens (tertiary/aromatic N) is 1. The van der Waals surface area contributed by atoms with Crippen molar-refractivity contribution in [2.24, 2.45) is 5.92 Å². The first kappa shape index (κ1) is 11.4. The van der Waals surface area contributed by atoms with E-state index in [-0.39, 0.29) is 0 Å². The van der Waals surface area contributed by atoms with Crippen LogP contribution < -0.4 is 5.32 Å². The van der Waals surface area contributed by atoms with Gasteiger partial charge in [-0.1, -0.05) is 13.8 Å². The van der Waals surface area contributed by atoms with Crippen molar-refractivity contribution >= 4 is 0 Å². The topological polar surface area (TPSA) is 15.3 Å². The molecular weight excluding hydrogens is 184 g/mol. The maximum absolute atomic E-state index is 3.62. The van der Waals surface area contributed by atoms with E-state index in [1.807, 2.05) is 0 Å². The molecule has 1 saturated carbocycles. The number of hydrogen-bond acceptors (Lipinski definition) is 2. The van der Waals surface area contributed by atoms with Crippen LogP contribution in [0.4, 0.5) is 0 Å². The van der Waals surface area contributed by atoms with Crippen molar-refractivity contribution in [1.29, 1.82) is 0 Å². The van der Waals surface area contributed by atoms with Crippen LogP contribution in [0.1, 0.15) is 46.0 Å². The molecule has 88 valence electrons. The van der Waals surface area contributed by atoms with Crippen LogP contribution in [0.3, 0.4) is 0 Å². The standard InChI is InChI=1S/C13H26N2/c1-11(2)7-9-15(13-5-6-13)10-12-4-3-8-14-12/h11-14H,3-10H2,1-2H3. The van der Waals surface area contributed by atoms with E-state index in [0.717, 1.165) is 18.0 Å². The summed E-state index contributed by atoms with van der Waals surface area (Å²) in [7, 11) is 0. The summed E-state index contributed by atoms with van der Waals surface area (Å²) in [5.74, 6) is 0.850. The molecule has 2 nitrogen and oxygen atoms in total. The largest absolute Gasteiger partial charge is 0.313 e. The van der Waals surface area contributed by atoms with Gasteiger partial charge in [-0.25, -0.2) is 0 Å². The molecule has 0 amide bonds. The van der Waals surface area contributed by atoms with Crippen LogP contribution in [0.5, 0.6) is 0 Å². The van der Waals surface area contributed by atoms with E-state index in [1.165, 1.54) is 51.7 Å². The molecule has 0 radical (unpaired) electrons. The highest BCUT2D eigenvalue weighted by Gasteiger charge is 2.30. The number of nitrogens with one attached hydrogen (secondary N) is 1. The number of rotatable bonds is 6. The molecule has 0 spiro atoms. The lowest BCUT2D eigenvalue weighted by Gasteiger charge is -2.26. The minimum absolute atomic E-state index is 0.790. The van der Waals surface area contributed by atoms with Gasteiger partial charge in [0.15, 0.2) is 0 Å². The van der Waals surface area contributed by atoms with E-state index in [0.29, 0.717) is 0 Å². The minimum Gasteiger partial charge on any atom is -0.313 e. The first-order valence-electron chi connectivity index (χ1n) is 6.73. The van der Waals surface area contributed by atoms with E-state index in [1.54, 1.807) is 0 Å². The van der Waals surface area contributed by atoms with Crippen LogP contribution in [-0.2, 0) is 0 Å². The van der Waals surface area contributed by atoms with E-state index >= 15 is 0 Å². The van der Waals surface area contributed by atoms with Crippen molar-refractivity contribution in [3.63, 3.8) is 0 Å². The molecule has 1 atom stereocenters. The van der Waals surface area contributed by atoms with Crippen molar-refractivity contribution in [2.75, 3.05) is 19.6 Å². The normalized spacial score (nSPS) is 26.8. The lowest BCUT2D eigenvalue weighted by atomic mass is 10.1. The molecule has 1 saturated heterocycles. The fourth-order valence-corrected chi connectivity index (χ4v) is 2.48. The Hall–Kier alpha value is -0.0800. The average Bonchev–Trinajstić information content (AvgIpc) is 2.91. The van der Waals surface area contributed by atoms with Crippen LogP contribution in [0, 0.1) is 5.92 Å². The molecule has 1 heterocycles. The van der Waals surface area contributed by atoms with Crippen LogP contribution in [0.15, 0.2) is 0 Å². The first-order chi connectivity index (χ1) is 7.25. The fourth-order valence-electron chi connectivity index (χ4n) is 2.48. The predicted octanol–water partition coefficient (Wildman–Crippen LogP) is 2.25. The average molecular weight is 210 g/mol. The summed E-state index contributed by atoms with van der Waals surface area (Å²) in [4.78, 5) is 2.74. The van der Waals surface area contributed by atoms with Gasteiger partial charge in [0.05, 0.1) is 0 Å². The van der Waals surface area contributed by atoms with Crippen LogP contribution in [0.2, 0.25) is 0 Å². The Morgan fingerprint density at radius 2 is 2.07 bits per heavy atom. The Kier molecular flexibility index (Phi) is 4.04. The SMILES string of the molecule is CC(C)CCN(CC1CCCN1)C1CC1. The van der Waals surface area contributed by atoms with Gasteiger partial charge < -0.3 is 5.32 Å². The van der Waals surface area contributed by atoms with E-state index in [9.17, 15) is 0 Å².